The highest BCUT2D eigenvalue weighted by Crippen LogP contribution is 2.52. The number of amides is 1. The summed E-state index contributed by atoms with van der Waals surface area (Å²) in [5.41, 5.74) is -1.13. The first kappa shape index (κ1) is 18.5. The molecule has 24 heavy (non-hydrogen) atoms. The zero-order chi connectivity index (χ0) is 18.3. The van der Waals surface area contributed by atoms with E-state index in [1.165, 1.54) is 0 Å². The Balaban J connectivity index is 2.28. The summed E-state index contributed by atoms with van der Waals surface area (Å²) in [6.07, 6.45) is 2.98. The van der Waals surface area contributed by atoms with Gasteiger partial charge in [0, 0.05) is 18.5 Å². The lowest BCUT2D eigenvalue weighted by Gasteiger charge is -2.46. The fraction of sp³-hybridized carbons (Fsp3) is 0.737. The van der Waals surface area contributed by atoms with Crippen LogP contribution in [0.3, 0.4) is 0 Å². The van der Waals surface area contributed by atoms with Gasteiger partial charge in [-0.2, -0.15) is 5.26 Å². The minimum absolute atomic E-state index is 0.0850. The summed E-state index contributed by atoms with van der Waals surface area (Å²) in [7, 11) is 0. The summed E-state index contributed by atoms with van der Waals surface area (Å²) in [4.78, 5) is 26.7. The average Bonchev–Trinajstić information content (AvgIpc) is 2.61. The summed E-state index contributed by atoms with van der Waals surface area (Å²) in [5.74, 6) is 0.0141. The molecule has 0 N–H and O–H groups in total. The van der Waals surface area contributed by atoms with Crippen molar-refractivity contribution in [2.24, 2.45) is 16.7 Å². The van der Waals surface area contributed by atoms with Crippen LogP contribution in [0.25, 0.3) is 0 Å². The molecule has 1 fully saturated rings. The molecule has 0 aromatic rings. The number of nitriles is 1. The predicted octanol–water partition coefficient (Wildman–Crippen LogP) is 3.70. The van der Waals surface area contributed by atoms with Crippen LogP contribution < -0.4 is 0 Å². The van der Waals surface area contributed by atoms with E-state index in [9.17, 15) is 14.9 Å². The van der Waals surface area contributed by atoms with E-state index >= 15 is 0 Å². The van der Waals surface area contributed by atoms with Crippen molar-refractivity contribution >= 4 is 11.9 Å². The van der Waals surface area contributed by atoms with E-state index in [2.05, 4.69) is 13.0 Å². The number of ketones is 1. The normalized spacial score (nSPS) is 29.9. The van der Waals surface area contributed by atoms with Crippen molar-refractivity contribution in [2.45, 2.75) is 60.0 Å². The van der Waals surface area contributed by atoms with Gasteiger partial charge >= 0.3 is 6.09 Å². The van der Waals surface area contributed by atoms with Crippen LogP contribution in [0.2, 0.25) is 0 Å². The molecule has 0 spiro atoms. The van der Waals surface area contributed by atoms with Gasteiger partial charge < -0.3 is 9.64 Å². The van der Waals surface area contributed by atoms with Gasteiger partial charge in [0.15, 0.2) is 5.78 Å². The maximum absolute atomic E-state index is 12.6. The van der Waals surface area contributed by atoms with Gasteiger partial charge in [0.05, 0.1) is 5.57 Å². The number of fused-ring (bicyclic) bond motifs is 1. The maximum atomic E-state index is 12.6. The van der Waals surface area contributed by atoms with Crippen molar-refractivity contribution in [3.05, 3.63) is 11.6 Å². The van der Waals surface area contributed by atoms with E-state index in [1.807, 2.05) is 40.7 Å². The fourth-order valence-corrected chi connectivity index (χ4v) is 4.13. The first-order chi connectivity index (χ1) is 10.9. The molecule has 2 rings (SSSR count). The highest BCUT2D eigenvalue weighted by Gasteiger charge is 2.52. The number of hydrogen-bond acceptors (Lipinski definition) is 4. The molecule has 1 aliphatic carbocycles. The van der Waals surface area contributed by atoms with Crippen molar-refractivity contribution in [1.29, 1.82) is 5.26 Å². The third-order valence-electron chi connectivity index (χ3n) is 5.35. The molecule has 5 heteroatoms. The number of ether oxygens (including phenoxy) is 1. The zero-order valence-electron chi connectivity index (χ0n) is 15.6. The molecule has 5 nitrogen and oxygen atoms in total. The minimum Gasteiger partial charge on any atom is -0.444 e. The number of rotatable bonds is 0. The molecule has 0 saturated carbocycles. The second-order valence-corrected chi connectivity index (χ2v) is 8.79. The molecule has 0 aromatic heterocycles. The van der Waals surface area contributed by atoms with Crippen LogP contribution in [-0.4, -0.2) is 35.5 Å². The number of carbonyl (C=O) groups is 2. The van der Waals surface area contributed by atoms with Crippen molar-refractivity contribution < 1.29 is 14.3 Å². The van der Waals surface area contributed by atoms with Gasteiger partial charge in [-0.15, -0.1) is 0 Å². The van der Waals surface area contributed by atoms with E-state index in [0.717, 1.165) is 12.8 Å². The molecule has 1 aliphatic heterocycles. The van der Waals surface area contributed by atoms with E-state index < -0.39 is 11.0 Å². The van der Waals surface area contributed by atoms with Crippen molar-refractivity contribution in [3.8, 4) is 6.07 Å². The number of Topliss-reactive ketones (excluding diaryl/α,β-unsaturated/α-hetero) is 1. The summed E-state index contributed by atoms with van der Waals surface area (Å²) < 4.78 is 5.49. The molecule has 0 bridgehead atoms. The molecule has 1 heterocycles. The van der Waals surface area contributed by atoms with Crippen LogP contribution in [0.5, 0.6) is 0 Å². The Morgan fingerprint density at radius 2 is 1.96 bits per heavy atom. The Labute approximate surface area is 144 Å². The van der Waals surface area contributed by atoms with E-state index in [-0.39, 0.29) is 28.8 Å². The van der Waals surface area contributed by atoms with Crippen molar-refractivity contribution in [3.63, 3.8) is 0 Å². The first-order valence-corrected chi connectivity index (χ1v) is 8.56. The molecule has 0 radical (unpaired) electrons. The Bertz CT molecular complexity index is 622. The second kappa shape index (κ2) is 5.91. The Hall–Kier alpha value is -1.83. The third-order valence-corrected chi connectivity index (χ3v) is 5.35. The Morgan fingerprint density at radius 3 is 2.50 bits per heavy atom. The fourth-order valence-electron chi connectivity index (χ4n) is 4.13. The molecule has 1 amide bonds. The van der Waals surface area contributed by atoms with Crippen LogP contribution in [0, 0.1) is 28.1 Å². The maximum Gasteiger partial charge on any atom is 0.410 e. The molecular formula is C19H28N2O3. The molecule has 2 aliphatic rings. The minimum atomic E-state index is -0.599. The van der Waals surface area contributed by atoms with Gasteiger partial charge in [-0.05, 0) is 44.9 Å². The van der Waals surface area contributed by atoms with Crippen LogP contribution in [0.4, 0.5) is 4.79 Å². The van der Waals surface area contributed by atoms with Crippen LogP contribution in [0.15, 0.2) is 11.6 Å². The second-order valence-electron chi connectivity index (χ2n) is 8.79. The van der Waals surface area contributed by atoms with Crippen LogP contribution in [0.1, 0.15) is 54.4 Å². The SMILES string of the molecule is CC(C)(C)OC(=O)N1CC[C@@H]2C(C)(C)C(=O)C(C#N)=C[C@@]2(C)CC1. The monoisotopic (exact) mass is 332 g/mol. The lowest BCUT2D eigenvalue weighted by atomic mass is 9.55. The molecule has 2 atom stereocenters. The number of carbonyl (C=O) groups excluding carboxylic acids is 2. The van der Waals surface area contributed by atoms with Crippen molar-refractivity contribution in [2.75, 3.05) is 13.1 Å². The largest absolute Gasteiger partial charge is 0.444 e. The molecule has 132 valence electrons. The average molecular weight is 332 g/mol. The lowest BCUT2D eigenvalue weighted by Crippen LogP contribution is -2.46. The molecule has 0 unspecified atom stereocenters. The van der Waals surface area contributed by atoms with Crippen molar-refractivity contribution in [1.82, 2.24) is 4.90 Å². The van der Waals surface area contributed by atoms with Gasteiger partial charge in [0.1, 0.15) is 11.7 Å². The van der Waals surface area contributed by atoms with Crippen LogP contribution >= 0.6 is 0 Å². The quantitative estimate of drug-likeness (QED) is 0.678. The lowest BCUT2D eigenvalue weighted by molar-refractivity contribution is -0.129. The highest BCUT2D eigenvalue weighted by molar-refractivity contribution is 6.04. The highest BCUT2D eigenvalue weighted by atomic mass is 16.6. The number of nitrogens with zero attached hydrogens (tertiary/aromatic N) is 2. The molecular weight excluding hydrogens is 304 g/mol. The Kier molecular flexibility index (Phi) is 4.56. The first-order valence-electron chi connectivity index (χ1n) is 8.56. The number of allylic oxidation sites excluding steroid dienone is 2. The van der Waals surface area contributed by atoms with Crippen LogP contribution in [-0.2, 0) is 9.53 Å². The van der Waals surface area contributed by atoms with Gasteiger partial charge in [0.25, 0.3) is 0 Å². The third kappa shape index (κ3) is 3.33. The van der Waals surface area contributed by atoms with Gasteiger partial charge in [-0.3, -0.25) is 4.79 Å². The summed E-state index contributed by atoms with van der Waals surface area (Å²) in [6, 6.07) is 2.06. The van der Waals surface area contributed by atoms with E-state index in [1.54, 1.807) is 4.90 Å². The number of likely N-dealkylation sites (tertiary alicyclic amines) is 1. The smallest absolute Gasteiger partial charge is 0.410 e. The summed E-state index contributed by atoms with van der Waals surface area (Å²) in [6.45, 7) is 12.6. The van der Waals surface area contributed by atoms with E-state index in [0.29, 0.717) is 13.1 Å². The number of hydrogen-bond donors (Lipinski definition) is 0. The molecule has 0 aromatic carbocycles. The van der Waals surface area contributed by atoms with Gasteiger partial charge in [-0.25, -0.2) is 4.79 Å². The summed E-state index contributed by atoms with van der Waals surface area (Å²) >= 11 is 0. The predicted molar refractivity (Wildman–Crippen MR) is 91.1 cm³/mol. The van der Waals surface area contributed by atoms with E-state index in [4.69, 9.17) is 4.74 Å². The molecule has 1 saturated heterocycles. The zero-order valence-corrected chi connectivity index (χ0v) is 15.6. The Morgan fingerprint density at radius 1 is 1.33 bits per heavy atom. The topological polar surface area (TPSA) is 70.4 Å². The van der Waals surface area contributed by atoms with Gasteiger partial charge in [0.2, 0.25) is 0 Å². The van der Waals surface area contributed by atoms with Gasteiger partial charge in [-0.1, -0.05) is 26.8 Å². The summed E-state index contributed by atoms with van der Waals surface area (Å²) in [5, 5.41) is 9.31. The standard InChI is InChI=1S/C19H28N2O3/c1-17(2,3)24-16(23)21-9-7-14-18(4,5)15(22)13(12-20)11-19(14,6)8-10-21/h11,14H,7-10H2,1-6H3/t14-,19-/m1/s1.